The highest BCUT2D eigenvalue weighted by atomic mass is 35.5. The summed E-state index contributed by atoms with van der Waals surface area (Å²) in [6.07, 6.45) is 0.770. The van der Waals surface area contributed by atoms with Gasteiger partial charge in [-0.05, 0) is 66.9 Å². The number of hydrogen-bond acceptors (Lipinski definition) is 5. The molecular weight excluding hydrogens is 435 g/mol. The third kappa shape index (κ3) is 6.67. The van der Waals surface area contributed by atoms with Crippen LogP contribution in [0.1, 0.15) is 23.6 Å². The van der Waals surface area contributed by atoms with Crippen LogP contribution >= 0.6 is 11.6 Å². The van der Waals surface area contributed by atoms with E-state index < -0.39 is 4.92 Å². The molecule has 3 aromatic carbocycles. The lowest BCUT2D eigenvalue weighted by Crippen LogP contribution is -2.17. The molecule has 1 N–H and O–H groups in total. The first-order chi connectivity index (χ1) is 15.5. The number of benzene rings is 3. The highest BCUT2D eigenvalue weighted by molar-refractivity contribution is 6.31. The molecule has 0 atom stereocenters. The number of non-ortho nitro benzene ring substituents is 1. The largest absolute Gasteiger partial charge is 0.490 e. The van der Waals surface area contributed by atoms with Crippen LogP contribution in [0.4, 0.5) is 10.1 Å². The van der Waals surface area contributed by atoms with Gasteiger partial charge in [0.25, 0.3) is 5.69 Å². The van der Waals surface area contributed by atoms with Crippen molar-refractivity contribution in [3.63, 3.8) is 0 Å². The Morgan fingerprint density at radius 1 is 1.00 bits per heavy atom. The van der Waals surface area contributed by atoms with Crippen molar-refractivity contribution in [1.82, 2.24) is 5.32 Å². The molecule has 8 heteroatoms. The minimum Gasteiger partial charge on any atom is -0.490 e. The van der Waals surface area contributed by atoms with E-state index in [1.165, 1.54) is 24.3 Å². The maximum Gasteiger partial charge on any atom is 0.269 e. The molecule has 0 bridgehead atoms. The number of halogens is 2. The van der Waals surface area contributed by atoms with Gasteiger partial charge in [-0.1, -0.05) is 23.7 Å². The van der Waals surface area contributed by atoms with Gasteiger partial charge in [-0.25, -0.2) is 4.39 Å². The van der Waals surface area contributed by atoms with Crippen LogP contribution in [0.5, 0.6) is 11.5 Å². The summed E-state index contributed by atoms with van der Waals surface area (Å²) in [7, 11) is 0. The Hall–Kier alpha value is -3.16. The topological polar surface area (TPSA) is 73.6 Å². The second-order valence-electron chi connectivity index (χ2n) is 7.09. The molecule has 0 heterocycles. The zero-order chi connectivity index (χ0) is 22.9. The second kappa shape index (κ2) is 11.5. The average molecular weight is 459 g/mol. The monoisotopic (exact) mass is 458 g/mol. The molecule has 0 fully saturated rings. The van der Waals surface area contributed by atoms with Gasteiger partial charge in [-0.3, -0.25) is 10.1 Å². The van der Waals surface area contributed by atoms with E-state index in [-0.39, 0.29) is 18.1 Å². The minimum atomic E-state index is -0.440. The number of ether oxygens (including phenoxy) is 2. The van der Waals surface area contributed by atoms with Gasteiger partial charge in [0, 0.05) is 29.8 Å². The van der Waals surface area contributed by atoms with Gasteiger partial charge in [0.05, 0.1) is 11.5 Å². The van der Waals surface area contributed by atoms with Crippen LogP contribution in [0, 0.1) is 15.9 Å². The van der Waals surface area contributed by atoms with Crippen molar-refractivity contribution in [2.24, 2.45) is 0 Å². The second-order valence-corrected chi connectivity index (χ2v) is 7.50. The van der Waals surface area contributed by atoms with E-state index in [2.05, 4.69) is 5.32 Å². The number of rotatable bonds is 11. The summed E-state index contributed by atoms with van der Waals surface area (Å²) < 4.78 is 24.6. The molecule has 3 aromatic rings. The Labute approximate surface area is 191 Å². The quantitative estimate of drug-likeness (QED) is 0.227. The maximum atomic E-state index is 13.0. The lowest BCUT2D eigenvalue weighted by Gasteiger charge is -2.15. The van der Waals surface area contributed by atoms with Gasteiger partial charge in [0.2, 0.25) is 0 Å². The van der Waals surface area contributed by atoms with Crippen LogP contribution in [0.3, 0.4) is 0 Å². The summed E-state index contributed by atoms with van der Waals surface area (Å²) in [4.78, 5) is 10.3. The summed E-state index contributed by atoms with van der Waals surface area (Å²) in [5.41, 5.74) is 2.75. The van der Waals surface area contributed by atoms with Gasteiger partial charge in [-0.2, -0.15) is 0 Å². The fraction of sp³-hybridized carbons (Fsp3) is 0.250. The third-order valence-electron chi connectivity index (χ3n) is 4.77. The molecule has 168 valence electrons. The zero-order valence-electron chi connectivity index (χ0n) is 17.6. The fourth-order valence-electron chi connectivity index (χ4n) is 3.08. The highest BCUT2D eigenvalue weighted by Gasteiger charge is 2.12. The van der Waals surface area contributed by atoms with E-state index in [4.69, 9.17) is 21.1 Å². The molecule has 0 unspecified atom stereocenters. The highest BCUT2D eigenvalue weighted by Crippen LogP contribution is 2.34. The molecular formula is C24H24ClFN2O4. The number of nitrogens with zero attached hydrogens (tertiary/aromatic N) is 1. The maximum absolute atomic E-state index is 13.0. The Kier molecular flexibility index (Phi) is 8.41. The Morgan fingerprint density at radius 3 is 2.31 bits per heavy atom. The van der Waals surface area contributed by atoms with Gasteiger partial charge in [0.1, 0.15) is 12.4 Å². The van der Waals surface area contributed by atoms with E-state index in [0.29, 0.717) is 36.2 Å². The Balaban J connectivity index is 1.60. The number of hydrogen-bond donors (Lipinski definition) is 1. The number of nitro groups is 1. The molecule has 0 aliphatic rings. The molecule has 6 nitrogen and oxygen atoms in total. The Bertz CT molecular complexity index is 1040. The van der Waals surface area contributed by atoms with Crippen LogP contribution in [-0.2, 0) is 19.6 Å². The molecule has 3 rings (SSSR count). The molecule has 0 aliphatic carbocycles. The van der Waals surface area contributed by atoms with Crippen molar-refractivity contribution in [3.8, 4) is 11.5 Å². The number of nitro benzene ring substituents is 1. The van der Waals surface area contributed by atoms with E-state index in [1.807, 2.05) is 13.0 Å². The van der Waals surface area contributed by atoms with E-state index in [1.54, 1.807) is 30.3 Å². The van der Waals surface area contributed by atoms with Crippen LogP contribution in [0.25, 0.3) is 0 Å². The summed E-state index contributed by atoms with van der Waals surface area (Å²) >= 11 is 6.46. The molecule has 0 saturated heterocycles. The van der Waals surface area contributed by atoms with Crippen molar-refractivity contribution in [2.45, 2.75) is 26.5 Å². The standard InChI is InChI=1S/C24H24ClFN2O4/c1-2-31-23-13-19(15-27-12-11-17-3-7-20(26)8-4-17)22(25)14-24(23)32-16-18-5-9-21(10-6-18)28(29)30/h3-10,13-14,27H,2,11-12,15-16H2,1H3. The smallest absolute Gasteiger partial charge is 0.269 e. The lowest BCUT2D eigenvalue weighted by molar-refractivity contribution is -0.384. The summed E-state index contributed by atoms with van der Waals surface area (Å²) in [5, 5.41) is 14.7. The van der Waals surface area contributed by atoms with Gasteiger partial charge in [0.15, 0.2) is 11.5 Å². The molecule has 0 aromatic heterocycles. The summed E-state index contributed by atoms with van der Waals surface area (Å²) in [5.74, 6) is 0.840. The van der Waals surface area contributed by atoms with E-state index >= 15 is 0 Å². The van der Waals surface area contributed by atoms with Gasteiger partial charge < -0.3 is 14.8 Å². The number of nitrogens with one attached hydrogen (secondary N) is 1. The normalized spacial score (nSPS) is 10.7. The zero-order valence-corrected chi connectivity index (χ0v) is 18.4. The van der Waals surface area contributed by atoms with Crippen LogP contribution in [-0.4, -0.2) is 18.1 Å². The Morgan fingerprint density at radius 2 is 1.66 bits per heavy atom. The molecule has 32 heavy (non-hydrogen) atoms. The predicted molar refractivity (Wildman–Crippen MR) is 122 cm³/mol. The van der Waals surface area contributed by atoms with Crippen molar-refractivity contribution in [1.29, 1.82) is 0 Å². The summed E-state index contributed by atoms with van der Waals surface area (Å²) in [6.45, 7) is 3.83. The van der Waals surface area contributed by atoms with E-state index in [9.17, 15) is 14.5 Å². The average Bonchev–Trinajstić information content (AvgIpc) is 2.79. The van der Waals surface area contributed by atoms with Crippen LogP contribution in [0.2, 0.25) is 5.02 Å². The van der Waals surface area contributed by atoms with Crippen molar-refractivity contribution in [2.75, 3.05) is 13.2 Å². The van der Waals surface area contributed by atoms with E-state index in [0.717, 1.165) is 23.1 Å². The summed E-state index contributed by atoms with van der Waals surface area (Å²) in [6, 6.07) is 16.2. The van der Waals surface area contributed by atoms with Crippen LogP contribution in [0.15, 0.2) is 60.7 Å². The first kappa shape index (κ1) is 23.5. The lowest BCUT2D eigenvalue weighted by atomic mass is 10.1. The van der Waals surface area contributed by atoms with Gasteiger partial charge >= 0.3 is 0 Å². The van der Waals surface area contributed by atoms with Crippen molar-refractivity contribution < 1.29 is 18.8 Å². The molecule has 0 radical (unpaired) electrons. The molecule has 0 amide bonds. The fourth-order valence-corrected chi connectivity index (χ4v) is 3.30. The minimum absolute atomic E-state index is 0.0306. The first-order valence-corrected chi connectivity index (χ1v) is 10.6. The van der Waals surface area contributed by atoms with Crippen LogP contribution < -0.4 is 14.8 Å². The first-order valence-electron chi connectivity index (χ1n) is 10.2. The predicted octanol–water partition coefficient (Wildman–Crippen LogP) is 5.70. The SMILES string of the molecule is CCOc1cc(CNCCc2ccc(F)cc2)c(Cl)cc1OCc1ccc([N+](=O)[O-])cc1. The third-order valence-corrected chi connectivity index (χ3v) is 5.13. The molecule has 0 saturated carbocycles. The van der Waals surface area contributed by atoms with Crippen molar-refractivity contribution >= 4 is 17.3 Å². The molecule has 0 spiro atoms. The van der Waals surface area contributed by atoms with Crippen molar-refractivity contribution in [3.05, 3.63) is 98.3 Å². The van der Waals surface area contributed by atoms with Gasteiger partial charge in [-0.15, -0.1) is 0 Å². The molecule has 0 aliphatic heterocycles.